The molecule has 2 bridgehead atoms. The predicted octanol–water partition coefficient (Wildman–Crippen LogP) is 3.66. The molecule has 1 aromatic carbocycles. The van der Waals surface area contributed by atoms with Gasteiger partial charge in [-0.1, -0.05) is 25.8 Å². The van der Waals surface area contributed by atoms with Gasteiger partial charge in [-0.2, -0.15) is 0 Å². The summed E-state index contributed by atoms with van der Waals surface area (Å²) in [6.45, 7) is 8.14. The number of esters is 2. The fraction of sp³-hybridized carbons (Fsp3) is 0.655. The van der Waals surface area contributed by atoms with Gasteiger partial charge in [0.1, 0.15) is 11.4 Å². The van der Waals surface area contributed by atoms with Crippen LogP contribution in [0.4, 0.5) is 0 Å². The topological polar surface area (TPSA) is 94.5 Å². The Morgan fingerprint density at radius 3 is 2.70 bits per heavy atom. The largest absolute Gasteiger partial charge is 0.493 e. The van der Waals surface area contributed by atoms with Gasteiger partial charge in [-0.05, 0) is 71.3 Å². The van der Waals surface area contributed by atoms with E-state index in [-0.39, 0.29) is 6.04 Å². The number of aliphatic hydroxyl groups is 1. The van der Waals surface area contributed by atoms with E-state index in [9.17, 15) is 14.7 Å². The Kier molecular flexibility index (Phi) is 6.35. The number of piperidine rings is 1. The maximum absolute atomic E-state index is 13.5. The molecule has 1 N–H and O–H groups in total. The first-order valence-electron chi connectivity index (χ1n) is 13.4. The molecule has 1 fully saturated rings. The van der Waals surface area contributed by atoms with E-state index >= 15 is 0 Å². The number of methoxy groups -OCH3 is 1. The number of benzene rings is 1. The number of ether oxygens (including phenoxy) is 4. The van der Waals surface area contributed by atoms with E-state index in [0.29, 0.717) is 49.4 Å². The highest BCUT2D eigenvalue weighted by Crippen LogP contribution is 2.65. The third-order valence-electron chi connectivity index (χ3n) is 8.60. The Hall–Kier alpha value is -2.58. The van der Waals surface area contributed by atoms with Gasteiger partial charge in [0, 0.05) is 18.0 Å². The zero-order chi connectivity index (χ0) is 26.8. The summed E-state index contributed by atoms with van der Waals surface area (Å²) in [5.41, 5.74) is -0.466. The predicted molar refractivity (Wildman–Crippen MR) is 136 cm³/mol. The van der Waals surface area contributed by atoms with E-state index in [2.05, 4.69) is 11.0 Å². The summed E-state index contributed by atoms with van der Waals surface area (Å²) in [6, 6.07) is 3.87. The highest BCUT2D eigenvalue weighted by molar-refractivity contribution is 5.95. The fourth-order valence-electron chi connectivity index (χ4n) is 6.89. The number of nitrogens with zero attached hydrogens (tertiary/aromatic N) is 1. The van der Waals surface area contributed by atoms with Crippen molar-refractivity contribution in [2.45, 2.75) is 95.0 Å². The van der Waals surface area contributed by atoms with Gasteiger partial charge in [0.25, 0.3) is 0 Å². The molecule has 2 aliphatic heterocycles. The quantitative estimate of drug-likeness (QED) is 0.436. The molecule has 1 unspecified atom stereocenters. The van der Waals surface area contributed by atoms with Crippen LogP contribution in [0, 0.1) is 5.92 Å². The van der Waals surface area contributed by atoms with Crippen LogP contribution >= 0.6 is 0 Å². The normalized spacial score (nSPS) is 30.5. The third kappa shape index (κ3) is 3.86. The van der Waals surface area contributed by atoms with Crippen molar-refractivity contribution < 1.29 is 33.6 Å². The second-order valence-electron chi connectivity index (χ2n) is 11.9. The van der Waals surface area contributed by atoms with Crippen LogP contribution in [0.5, 0.6) is 11.5 Å². The monoisotopic (exact) mass is 513 g/mol. The molecule has 4 aliphatic rings. The van der Waals surface area contributed by atoms with E-state index in [1.807, 2.05) is 20.0 Å². The Morgan fingerprint density at radius 2 is 2.03 bits per heavy atom. The van der Waals surface area contributed by atoms with Crippen LogP contribution in [0.1, 0.15) is 70.9 Å². The summed E-state index contributed by atoms with van der Waals surface area (Å²) in [7, 11) is 3.65. The van der Waals surface area contributed by atoms with Crippen LogP contribution in [-0.4, -0.2) is 66.0 Å². The number of unbranched alkanes of at least 4 members (excludes halogenated alkanes) is 1. The number of hydrogen-bond donors (Lipinski definition) is 1. The van der Waals surface area contributed by atoms with Crippen LogP contribution < -0.4 is 9.47 Å². The molecule has 8 heteroatoms. The second kappa shape index (κ2) is 9.02. The van der Waals surface area contributed by atoms with Gasteiger partial charge in [0.15, 0.2) is 23.5 Å². The van der Waals surface area contributed by atoms with Crippen LogP contribution in [0.2, 0.25) is 0 Å². The van der Waals surface area contributed by atoms with Gasteiger partial charge in [0.2, 0.25) is 0 Å². The Bertz CT molecular complexity index is 1140. The minimum absolute atomic E-state index is 0.0910. The van der Waals surface area contributed by atoms with Crippen LogP contribution in [-0.2, 0) is 30.9 Å². The summed E-state index contributed by atoms with van der Waals surface area (Å²) in [5.74, 6) is -0.665. The molecule has 0 saturated carbocycles. The zero-order valence-electron chi connectivity index (χ0n) is 22.8. The Morgan fingerprint density at radius 1 is 1.27 bits per heavy atom. The highest BCUT2D eigenvalue weighted by Gasteiger charge is 2.72. The van der Waals surface area contributed by atoms with Gasteiger partial charge in [0.05, 0.1) is 18.1 Å². The van der Waals surface area contributed by atoms with Gasteiger partial charge in [-0.25, -0.2) is 0 Å². The van der Waals surface area contributed by atoms with Gasteiger partial charge in [-0.3, -0.25) is 9.59 Å². The molecular weight excluding hydrogens is 474 g/mol. The lowest BCUT2D eigenvalue weighted by Crippen LogP contribution is -2.74. The first kappa shape index (κ1) is 26.0. The SMILES string of the molecule is CCCCC(C(=O)OC1=CC[C@@]2(O)[C@H]3Cc4ccc(OC)c5c4[C@@]2(CCN3C)[C@H]1O5)C(=O)OC(C)(C)C. The Balaban J connectivity index is 1.52. The van der Waals surface area contributed by atoms with E-state index < -0.39 is 40.6 Å². The zero-order valence-corrected chi connectivity index (χ0v) is 22.8. The Labute approximate surface area is 218 Å². The summed E-state index contributed by atoms with van der Waals surface area (Å²) in [4.78, 5) is 28.7. The van der Waals surface area contributed by atoms with E-state index in [0.717, 1.165) is 24.1 Å². The van der Waals surface area contributed by atoms with Crippen molar-refractivity contribution in [3.05, 3.63) is 35.1 Å². The molecule has 1 aromatic rings. The standard InChI is InChI=1S/C29H39NO7/c1-7-8-9-18(26(32)37-27(2,3)4)25(31)35-20-12-13-29(33)21-16-17-10-11-19(34-6)23-22(17)28(29,24(20)36-23)14-15-30(21)5/h10-12,18,21,24,33H,7-9,13-16H2,1-6H3/t18?,21-,24+,28+,29-/m1/s1. The van der Waals surface area contributed by atoms with E-state index in [1.54, 1.807) is 34.0 Å². The van der Waals surface area contributed by atoms with Crippen molar-refractivity contribution in [2.24, 2.45) is 5.92 Å². The minimum atomic E-state index is -1.09. The number of likely N-dealkylation sites (N-methyl/N-ethyl adjacent to an activating group) is 1. The molecule has 0 radical (unpaired) electrons. The highest BCUT2D eigenvalue weighted by atomic mass is 16.6. The lowest BCUT2D eigenvalue weighted by Gasteiger charge is -2.61. The van der Waals surface area contributed by atoms with Gasteiger partial charge in [-0.15, -0.1) is 0 Å². The smallest absolute Gasteiger partial charge is 0.325 e. The molecule has 8 nitrogen and oxygen atoms in total. The summed E-state index contributed by atoms with van der Waals surface area (Å²) in [6.07, 6.45) is 4.65. The van der Waals surface area contributed by atoms with Crippen LogP contribution in [0.3, 0.4) is 0 Å². The molecule has 37 heavy (non-hydrogen) atoms. The van der Waals surface area contributed by atoms with Gasteiger partial charge >= 0.3 is 11.9 Å². The molecule has 2 aliphatic carbocycles. The summed E-state index contributed by atoms with van der Waals surface area (Å²) < 4.78 is 23.8. The van der Waals surface area contributed by atoms with E-state index in [4.69, 9.17) is 18.9 Å². The average Bonchev–Trinajstić information content (AvgIpc) is 3.18. The average molecular weight is 514 g/mol. The fourth-order valence-corrected chi connectivity index (χ4v) is 6.89. The molecule has 1 spiro atoms. The molecule has 2 heterocycles. The summed E-state index contributed by atoms with van der Waals surface area (Å²) >= 11 is 0. The molecule has 202 valence electrons. The van der Waals surface area contributed by atoms with E-state index in [1.165, 1.54) is 0 Å². The van der Waals surface area contributed by atoms with Crippen molar-refractivity contribution in [3.63, 3.8) is 0 Å². The molecule has 0 aromatic heterocycles. The van der Waals surface area contributed by atoms with Crippen molar-refractivity contribution in [3.8, 4) is 11.5 Å². The lowest BCUT2D eigenvalue weighted by molar-refractivity contribution is -0.176. The van der Waals surface area contributed by atoms with Gasteiger partial charge < -0.3 is 29.0 Å². The first-order valence-corrected chi connectivity index (χ1v) is 13.4. The first-order chi connectivity index (χ1) is 17.5. The summed E-state index contributed by atoms with van der Waals surface area (Å²) in [5, 5.41) is 12.3. The minimum Gasteiger partial charge on any atom is -0.493 e. The number of carbonyl (C=O) groups excluding carboxylic acids is 2. The lowest BCUT2D eigenvalue weighted by atomic mass is 9.50. The van der Waals surface area contributed by atoms with Crippen molar-refractivity contribution in [1.82, 2.24) is 4.90 Å². The molecule has 5 atom stereocenters. The maximum Gasteiger partial charge on any atom is 0.325 e. The number of hydrogen-bond acceptors (Lipinski definition) is 8. The van der Waals surface area contributed by atoms with Crippen LogP contribution in [0.15, 0.2) is 24.0 Å². The van der Waals surface area contributed by atoms with Crippen LogP contribution in [0.25, 0.3) is 0 Å². The molecule has 1 saturated heterocycles. The second-order valence-corrected chi connectivity index (χ2v) is 11.9. The third-order valence-corrected chi connectivity index (χ3v) is 8.60. The number of rotatable bonds is 7. The van der Waals surface area contributed by atoms with Crippen molar-refractivity contribution in [1.29, 1.82) is 0 Å². The molecule has 5 rings (SSSR count). The van der Waals surface area contributed by atoms with Crippen molar-refractivity contribution in [2.75, 3.05) is 20.7 Å². The molecular formula is C29H39NO7. The maximum atomic E-state index is 13.5. The number of likely N-dealkylation sites (tertiary alicyclic amines) is 1. The molecule has 0 amide bonds. The van der Waals surface area contributed by atoms with Crippen molar-refractivity contribution >= 4 is 11.9 Å². The number of carbonyl (C=O) groups is 2.